The number of rotatable bonds is 2. The van der Waals surface area contributed by atoms with Crippen molar-refractivity contribution < 1.29 is 4.79 Å². The maximum Gasteiger partial charge on any atom is 0.193 e. The number of hydrogen-bond donors (Lipinski definition) is 0. The summed E-state index contributed by atoms with van der Waals surface area (Å²) in [7, 11) is 0. The molecule has 0 saturated carbocycles. The fourth-order valence-electron chi connectivity index (χ4n) is 4.02. The Balaban J connectivity index is 1.73. The molecular formula is C21H22O. The van der Waals surface area contributed by atoms with Gasteiger partial charge in [-0.15, -0.1) is 0 Å². The highest BCUT2D eigenvalue weighted by atomic mass is 16.1. The molecule has 0 aromatic heterocycles. The Hall–Kier alpha value is -1.89. The van der Waals surface area contributed by atoms with E-state index in [1.807, 2.05) is 12.1 Å². The number of hydrogen-bond acceptors (Lipinski definition) is 1. The summed E-state index contributed by atoms with van der Waals surface area (Å²) in [6.07, 6.45) is 9.49. The highest BCUT2D eigenvalue weighted by molar-refractivity contribution is 6.10. The zero-order chi connectivity index (χ0) is 14.9. The van der Waals surface area contributed by atoms with E-state index in [0.29, 0.717) is 0 Å². The van der Waals surface area contributed by atoms with Crippen molar-refractivity contribution in [1.29, 1.82) is 0 Å². The molecule has 0 unspecified atom stereocenters. The third-order valence-corrected chi connectivity index (χ3v) is 5.25. The van der Waals surface area contributed by atoms with Gasteiger partial charge in [-0.25, -0.2) is 0 Å². The Bertz CT molecular complexity index is 727. The lowest BCUT2D eigenvalue weighted by Crippen LogP contribution is -2.12. The smallest absolute Gasteiger partial charge is 0.193 e. The van der Waals surface area contributed by atoms with E-state index in [9.17, 15) is 4.79 Å². The van der Waals surface area contributed by atoms with Crippen LogP contribution in [0.5, 0.6) is 0 Å². The van der Waals surface area contributed by atoms with Crippen LogP contribution in [0.3, 0.4) is 0 Å². The van der Waals surface area contributed by atoms with Crippen molar-refractivity contribution in [1.82, 2.24) is 0 Å². The van der Waals surface area contributed by atoms with Crippen LogP contribution in [0.4, 0.5) is 0 Å². The standard InChI is InChI=1S/C21H22O/c22-21(18-13-12-15-6-1-2-8-17(15)14-18)20-11-5-9-16-7-3-4-10-19(16)20/h5,9,11-14H,1-4,6-8,10H2. The molecule has 0 radical (unpaired) electrons. The van der Waals surface area contributed by atoms with E-state index >= 15 is 0 Å². The second kappa shape index (κ2) is 5.72. The van der Waals surface area contributed by atoms with Crippen LogP contribution in [-0.4, -0.2) is 5.78 Å². The molecule has 0 aliphatic heterocycles. The summed E-state index contributed by atoms with van der Waals surface area (Å²) in [6.45, 7) is 0. The molecule has 1 heteroatoms. The van der Waals surface area contributed by atoms with Crippen molar-refractivity contribution in [3.63, 3.8) is 0 Å². The zero-order valence-electron chi connectivity index (χ0n) is 13.0. The molecule has 2 aliphatic carbocycles. The highest BCUT2D eigenvalue weighted by Crippen LogP contribution is 2.28. The summed E-state index contributed by atoms with van der Waals surface area (Å²) in [6, 6.07) is 12.6. The van der Waals surface area contributed by atoms with E-state index in [4.69, 9.17) is 0 Å². The zero-order valence-corrected chi connectivity index (χ0v) is 13.0. The van der Waals surface area contributed by atoms with Crippen LogP contribution in [0.25, 0.3) is 0 Å². The molecule has 0 bridgehead atoms. The first-order chi connectivity index (χ1) is 10.8. The molecule has 2 aliphatic rings. The van der Waals surface area contributed by atoms with Gasteiger partial charge in [0.15, 0.2) is 5.78 Å². The molecule has 1 nitrogen and oxygen atoms in total. The topological polar surface area (TPSA) is 17.1 Å². The molecular weight excluding hydrogens is 268 g/mol. The largest absolute Gasteiger partial charge is 0.289 e. The van der Waals surface area contributed by atoms with Crippen LogP contribution >= 0.6 is 0 Å². The summed E-state index contributed by atoms with van der Waals surface area (Å²) in [5.41, 5.74) is 7.33. The van der Waals surface area contributed by atoms with Crippen molar-refractivity contribution in [3.8, 4) is 0 Å². The molecule has 0 saturated heterocycles. The first-order valence-corrected chi connectivity index (χ1v) is 8.60. The van der Waals surface area contributed by atoms with Gasteiger partial charge in [0.05, 0.1) is 0 Å². The van der Waals surface area contributed by atoms with Crippen LogP contribution in [0.2, 0.25) is 0 Å². The molecule has 0 N–H and O–H groups in total. The number of fused-ring (bicyclic) bond motifs is 2. The predicted molar refractivity (Wildman–Crippen MR) is 89.6 cm³/mol. The van der Waals surface area contributed by atoms with Gasteiger partial charge in [0.25, 0.3) is 0 Å². The summed E-state index contributed by atoms with van der Waals surface area (Å²) >= 11 is 0. The number of benzene rings is 2. The Morgan fingerprint density at radius 1 is 0.727 bits per heavy atom. The van der Waals surface area contributed by atoms with E-state index in [0.717, 1.165) is 30.4 Å². The average Bonchev–Trinajstić information content (AvgIpc) is 2.60. The normalized spacial score (nSPS) is 16.7. The van der Waals surface area contributed by atoms with Crippen molar-refractivity contribution in [2.75, 3.05) is 0 Å². The lowest BCUT2D eigenvalue weighted by atomic mass is 9.84. The van der Waals surface area contributed by atoms with Crippen molar-refractivity contribution in [2.24, 2.45) is 0 Å². The van der Waals surface area contributed by atoms with Gasteiger partial charge in [-0.05, 0) is 79.7 Å². The van der Waals surface area contributed by atoms with Crippen LogP contribution in [-0.2, 0) is 25.7 Å². The van der Waals surface area contributed by atoms with Gasteiger partial charge < -0.3 is 0 Å². The van der Waals surface area contributed by atoms with Gasteiger partial charge in [0, 0.05) is 11.1 Å². The molecule has 22 heavy (non-hydrogen) atoms. The van der Waals surface area contributed by atoms with E-state index in [-0.39, 0.29) is 5.78 Å². The van der Waals surface area contributed by atoms with Crippen LogP contribution in [0, 0.1) is 0 Å². The molecule has 0 atom stereocenters. The maximum absolute atomic E-state index is 13.0. The molecule has 2 aromatic rings. The fraction of sp³-hybridized carbons (Fsp3) is 0.381. The Morgan fingerprint density at radius 3 is 2.32 bits per heavy atom. The second-order valence-corrected chi connectivity index (χ2v) is 6.67. The minimum Gasteiger partial charge on any atom is -0.289 e. The third kappa shape index (κ3) is 2.39. The predicted octanol–water partition coefficient (Wildman–Crippen LogP) is 4.68. The first kappa shape index (κ1) is 13.8. The average molecular weight is 290 g/mol. The third-order valence-electron chi connectivity index (χ3n) is 5.25. The summed E-state index contributed by atoms with van der Waals surface area (Å²) in [5.74, 6) is 0.215. The van der Waals surface area contributed by atoms with Crippen molar-refractivity contribution >= 4 is 5.78 Å². The second-order valence-electron chi connectivity index (χ2n) is 6.67. The van der Waals surface area contributed by atoms with Crippen molar-refractivity contribution in [2.45, 2.75) is 51.4 Å². The monoisotopic (exact) mass is 290 g/mol. The molecule has 0 spiro atoms. The quantitative estimate of drug-likeness (QED) is 0.734. The molecule has 0 fully saturated rings. The van der Waals surface area contributed by atoms with Gasteiger partial charge in [0.1, 0.15) is 0 Å². The minimum atomic E-state index is 0.215. The van der Waals surface area contributed by atoms with Gasteiger partial charge >= 0.3 is 0 Å². The maximum atomic E-state index is 13.0. The fourth-order valence-corrected chi connectivity index (χ4v) is 4.02. The van der Waals surface area contributed by atoms with E-state index in [1.54, 1.807) is 0 Å². The van der Waals surface area contributed by atoms with Crippen LogP contribution < -0.4 is 0 Å². The lowest BCUT2D eigenvalue weighted by molar-refractivity contribution is 0.103. The summed E-state index contributed by atoms with van der Waals surface area (Å²) in [4.78, 5) is 13.0. The number of aryl methyl sites for hydroxylation is 3. The number of carbonyl (C=O) groups excluding carboxylic acids is 1. The molecule has 0 heterocycles. The van der Waals surface area contributed by atoms with Gasteiger partial charge in [0.2, 0.25) is 0 Å². The highest BCUT2D eigenvalue weighted by Gasteiger charge is 2.20. The van der Waals surface area contributed by atoms with E-state index < -0.39 is 0 Å². The van der Waals surface area contributed by atoms with Gasteiger partial charge in [-0.2, -0.15) is 0 Å². The SMILES string of the molecule is O=C(c1ccc2c(c1)CCCC2)c1cccc2c1CCCC2. The van der Waals surface area contributed by atoms with Gasteiger partial charge in [-0.3, -0.25) is 4.79 Å². The summed E-state index contributed by atoms with van der Waals surface area (Å²) < 4.78 is 0. The number of ketones is 1. The van der Waals surface area contributed by atoms with Crippen molar-refractivity contribution in [3.05, 3.63) is 69.8 Å². The Labute approximate surface area is 132 Å². The molecule has 0 amide bonds. The molecule has 4 rings (SSSR count). The first-order valence-electron chi connectivity index (χ1n) is 8.60. The van der Waals surface area contributed by atoms with Gasteiger partial charge in [-0.1, -0.05) is 30.3 Å². The van der Waals surface area contributed by atoms with Crippen LogP contribution in [0.1, 0.15) is 63.9 Å². The van der Waals surface area contributed by atoms with E-state index in [2.05, 4.69) is 24.3 Å². The summed E-state index contributed by atoms with van der Waals surface area (Å²) in [5, 5.41) is 0. The van der Waals surface area contributed by atoms with E-state index in [1.165, 1.54) is 54.4 Å². The molecule has 112 valence electrons. The van der Waals surface area contributed by atoms with Crippen LogP contribution in [0.15, 0.2) is 36.4 Å². The Kier molecular flexibility index (Phi) is 3.57. The minimum absolute atomic E-state index is 0.215. The Morgan fingerprint density at radius 2 is 1.45 bits per heavy atom. The number of carbonyl (C=O) groups is 1. The lowest BCUT2D eigenvalue weighted by Gasteiger charge is -2.20. The molecule has 2 aromatic carbocycles.